The van der Waals surface area contributed by atoms with Crippen LogP contribution in [0.3, 0.4) is 0 Å². The molecule has 2 atom stereocenters. The Morgan fingerprint density at radius 3 is 2.61 bits per heavy atom. The van der Waals surface area contributed by atoms with E-state index in [4.69, 9.17) is 4.74 Å². The smallest absolute Gasteiger partial charge is 0.307 e. The Morgan fingerprint density at radius 1 is 1.15 bits per heavy atom. The lowest BCUT2D eigenvalue weighted by molar-refractivity contribution is -0.141. The Morgan fingerprint density at radius 2 is 1.88 bits per heavy atom. The van der Waals surface area contributed by atoms with Crippen LogP contribution in [0.1, 0.15) is 60.4 Å². The highest BCUT2D eigenvalue weighted by Crippen LogP contribution is 2.38. The van der Waals surface area contributed by atoms with Gasteiger partial charge >= 0.3 is 5.97 Å². The minimum atomic E-state index is -0.313. The topological polar surface area (TPSA) is 58.6 Å². The van der Waals surface area contributed by atoms with Gasteiger partial charge in [0.15, 0.2) is 0 Å². The molecule has 0 aromatic heterocycles. The molecule has 0 saturated heterocycles. The van der Waals surface area contributed by atoms with Gasteiger partial charge < -0.3 is 9.64 Å². The molecule has 0 fully saturated rings. The Bertz CT molecular complexity index is 1080. The lowest BCUT2D eigenvalue weighted by Crippen LogP contribution is -2.47. The van der Waals surface area contributed by atoms with E-state index < -0.39 is 0 Å². The van der Waals surface area contributed by atoms with Crippen molar-refractivity contribution in [1.82, 2.24) is 10.2 Å². The summed E-state index contributed by atoms with van der Waals surface area (Å²) in [6.07, 6.45) is 3.53. The minimum absolute atomic E-state index is 0.0318. The average molecular weight is 451 g/mol. The summed E-state index contributed by atoms with van der Waals surface area (Å²) >= 11 is 0. The summed E-state index contributed by atoms with van der Waals surface area (Å²) < 4.78 is 18.4. The molecule has 0 bridgehead atoms. The van der Waals surface area contributed by atoms with Crippen LogP contribution in [-0.2, 0) is 20.9 Å². The van der Waals surface area contributed by atoms with E-state index in [1.165, 1.54) is 19.2 Å². The van der Waals surface area contributed by atoms with Gasteiger partial charge in [0, 0.05) is 18.2 Å². The third-order valence-corrected chi connectivity index (χ3v) is 6.71. The summed E-state index contributed by atoms with van der Waals surface area (Å²) in [5.41, 5.74) is 6.09. The number of hydrogen-bond donors (Lipinski definition) is 1. The third-order valence-electron chi connectivity index (χ3n) is 6.71. The summed E-state index contributed by atoms with van der Waals surface area (Å²) in [6, 6.07) is 12.2. The second-order valence-electron chi connectivity index (χ2n) is 9.03. The van der Waals surface area contributed by atoms with Gasteiger partial charge in [0.1, 0.15) is 12.0 Å². The molecule has 0 spiro atoms. The van der Waals surface area contributed by atoms with Crippen molar-refractivity contribution in [2.24, 2.45) is 0 Å². The standard InChI is InChI=1S/C27H31FN2O3/c1-17-8-9-18(2)23(14-17)24(15-25(31)33-3)29-26-21-6-4-5-7-22(21)27(32)30(26)16-19-10-12-20(28)13-11-19/h8-14,24,26,29H,4-7,15-16H2,1-3H3/t24-,26+/m0/s1. The molecular weight excluding hydrogens is 419 g/mol. The fourth-order valence-electron chi connectivity index (χ4n) is 4.93. The monoisotopic (exact) mass is 450 g/mol. The molecule has 33 heavy (non-hydrogen) atoms. The Balaban J connectivity index is 1.69. The van der Waals surface area contributed by atoms with E-state index >= 15 is 0 Å². The van der Waals surface area contributed by atoms with Crippen LogP contribution in [0.2, 0.25) is 0 Å². The number of halogens is 1. The van der Waals surface area contributed by atoms with Gasteiger partial charge in [0.25, 0.3) is 5.91 Å². The molecule has 2 aromatic rings. The number of rotatable bonds is 7. The summed E-state index contributed by atoms with van der Waals surface area (Å²) in [5, 5.41) is 3.65. The molecule has 1 aliphatic heterocycles. The van der Waals surface area contributed by atoms with E-state index in [1.54, 1.807) is 12.1 Å². The summed E-state index contributed by atoms with van der Waals surface area (Å²) in [7, 11) is 1.39. The third kappa shape index (κ3) is 5.01. The number of esters is 1. The molecule has 2 aliphatic rings. The van der Waals surface area contributed by atoms with E-state index in [0.717, 1.165) is 59.1 Å². The molecular formula is C27H31FN2O3. The van der Waals surface area contributed by atoms with Crippen LogP contribution in [0.5, 0.6) is 0 Å². The molecule has 4 rings (SSSR count). The van der Waals surface area contributed by atoms with Gasteiger partial charge in [-0.2, -0.15) is 0 Å². The molecule has 1 heterocycles. The number of ether oxygens (including phenoxy) is 1. The highest BCUT2D eigenvalue weighted by molar-refractivity contribution is 5.97. The summed E-state index contributed by atoms with van der Waals surface area (Å²) in [4.78, 5) is 27.6. The molecule has 5 nitrogen and oxygen atoms in total. The van der Waals surface area contributed by atoms with Crippen LogP contribution in [0.25, 0.3) is 0 Å². The van der Waals surface area contributed by atoms with Crippen LogP contribution in [0, 0.1) is 19.7 Å². The van der Waals surface area contributed by atoms with E-state index in [0.29, 0.717) is 6.54 Å². The van der Waals surface area contributed by atoms with Crippen molar-refractivity contribution in [3.63, 3.8) is 0 Å². The zero-order valence-electron chi connectivity index (χ0n) is 19.5. The number of nitrogens with one attached hydrogen (secondary N) is 1. The second kappa shape index (κ2) is 9.87. The van der Waals surface area contributed by atoms with Gasteiger partial charge in [-0.25, -0.2) is 4.39 Å². The highest BCUT2D eigenvalue weighted by atomic mass is 19.1. The number of hydrogen-bond acceptors (Lipinski definition) is 4. The molecule has 0 saturated carbocycles. The summed E-state index contributed by atoms with van der Waals surface area (Å²) in [6.45, 7) is 4.43. The molecule has 0 unspecified atom stereocenters. The van der Waals surface area contributed by atoms with Gasteiger partial charge in [-0.05, 0) is 73.9 Å². The van der Waals surface area contributed by atoms with Gasteiger partial charge in [0.05, 0.1) is 13.5 Å². The number of carbonyl (C=O) groups is 2. The predicted octanol–water partition coefficient (Wildman–Crippen LogP) is 4.88. The number of aryl methyl sites for hydroxylation is 2. The van der Waals surface area contributed by atoms with Crippen molar-refractivity contribution >= 4 is 11.9 Å². The fourth-order valence-corrected chi connectivity index (χ4v) is 4.93. The second-order valence-corrected chi connectivity index (χ2v) is 9.03. The van der Waals surface area contributed by atoms with Gasteiger partial charge in [0.2, 0.25) is 0 Å². The van der Waals surface area contributed by atoms with Crippen LogP contribution >= 0.6 is 0 Å². The molecule has 174 valence electrons. The maximum Gasteiger partial charge on any atom is 0.307 e. The van der Waals surface area contributed by atoms with E-state index in [-0.39, 0.29) is 36.3 Å². The normalized spacial score (nSPS) is 19.0. The molecule has 2 aromatic carbocycles. The lowest BCUT2D eigenvalue weighted by atomic mass is 9.91. The Kier molecular flexibility index (Phi) is 6.94. The first kappa shape index (κ1) is 23.2. The fraction of sp³-hybridized carbons (Fsp3) is 0.407. The number of amides is 1. The van der Waals surface area contributed by atoms with E-state index in [9.17, 15) is 14.0 Å². The van der Waals surface area contributed by atoms with E-state index in [1.807, 2.05) is 18.7 Å². The maximum atomic E-state index is 13.4. The van der Waals surface area contributed by atoms with Crippen LogP contribution < -0.4 is 5.32 Å². The van der Waals surface area contributed by atoms with Crippen molar-refractivity contribution in [2.75, 3.05) is 7.11 Å². The van der Waals surface area contributed by atoms with Gasteiger partial charge in [-0.1, -0.05) is 35.9 Å². The SMILES string of the molecule is COC(=O)C[C@H](N[C@H]1C2=C(CCCC2)C(=O)N1Cc1ccc(F)cc1)c1cc(C)ccc1C. The number of carbonyl (C=O) groups excluding carboxylic acids is 2. The van der Waals surface area contributed by atoms with Crippen molar-refractivity contribution < 1.29 is 18.7 Å². The Hall–Kier alpha value is -2.99. The van der Waals surface area contributed by atoms with Crippen molar-refractivity contribution in [3.8, 4) is 0 Å². The van der Waals surface area contributed by atoms with Crippen molar-refractivity contribution in [1.29, 1.82) is 0 Å². The molecule has 1 amide bonds. The molecule has 1 aliphatic carbocycles. The molecule has 0 radical (unpaired) electrons. The maximum absolute atomic E-state index is 13.4. The van der Waals surface area contributed by atoms with Gasteiger partial charge in [-0.3, -0.25) is 14.9 Å². The molecule has 1 N–H and O–H groups in total. The zero-order chi connectivity index (χ0) is 23.5. The van der Waals surface area contributed by atoms with Crippen LogP contribution in [0.15, 0.2) is 53.6 Å². The largest absolute Gasteiger partial charge is 0.469 e. The minimum Gasteiger partial charge on any atom is -0.469 e. The van der Waals surface area contributed by atoms with E-state index in [2.05, 4.69) is 23.5 Å². The predicted molar refractivity (Wildman–Crippen MR) is 125 cm³/mol. The zero-order valence-corrected chi connectivity index (χ0v) is 19.5. The van der Waals surface area contributed by atoms with Crippen molar-refractivity contribution in [2.45, 2.75) is 64.7 Å². The summed E-state index contributed by atoms with van der Waals surface area (Å²) in [5.74, 6) is -0.573. The number of methoxy groups -OCH3 is 1. The first-order chi connectivity index (χ1) is 15.9. The average Bonchev–Trinajstić information content (AvgIpc) is 3.07. The quantitative estimate of drug-likeness (QED) is 0.611. The first-order valence-corrected chi connectivity index (χ1v) is 11.5. The lowest BCUT2D eigenvalue weighted by Gasteiger charge is -2.33. The Labute approximate surface area is 194 Å². The van der Waals surface area contributed by atoms with Crippen LogP contribution in [0.4, 0.5) is 4.39 Å². The molecule has 6 heteroatoms. The van der Waals surface area contributed by atoms with Crippen molar-refractivity contribution in [3.05, 3.63) is 81.7 Å². The first-order valence-electron chi connectivity index (χ1n) is 11.5. The number of benzene rings is 2. The number of nitrogens with zero attached hydrogens (tertiary/aromatic N) is 1. The highest BCUT2D eigenvalue weighted by Gasteiger charge is 2.41. The van der Waals surface area contributed by atoms with Crippen LogP contribution in [-0.4, -0.2) is 30.1 Å². The van der Waals surface area contributed by atoms with Gasteiger partial charge in [-0.15, -0.1) is 0 Å².